The van der Waals surface area contributed by atoms with Crippen LogP contribution in [0.15, 0.2) is 66.6 Å². The van der Waals surface area contributed by atoms with Crippen LogP contribution in [0.3, 0.4) is 0 Å². The molecule has 5 N–H and O–H groups in total. The zero-order chi connectivity index (χ0) is 34.4. The van der Waals surface area contributed by atoms with Crippen LogP contribution in [0.1, 0.15) is 72.3 Å². The fourth-order valence-corrected chi connectivity index (χ4v) is 7.37. The van der Waals surface area contributed by atoms with Gasteiger partial charge >= 0.3 is 0 Å². The molecule has 10 nitrogen and oxygen atoms in total. The first-order valence-electron chi connectivity index (χ1n) is 16.5. The van der Waals surface area contributed by atoms with Gasteiger partial charge in [-0.2, -0.15) is 5.26 Å². The Labute approximate surface area is 296 Å². The molecule has 1 fully saturated rings. The molecule has 7 rings (SSSR count). The van der Waals surface area contributed by atoms with Gasteiger partial charge in [0.1, 0.15) is 6.07 Å². The number of fused-ring (bicyclic) bond motifs is 2. The Kier molecular flexibility index (Phi) is 8.80. The number of aryl methyl sites for hydroxylation is 1. The lowest BCUT2D eigenvalue weighted by atomic mass is 9.94. The van der Waals surface area contributed by atoms with Crippen LogP contribution in [-0.4, -0.2) is 45.5 Å². The van der Waals surface area contributed by atoms with Crippen LogP contribution < -0.4 is 26.9 Å². The Hall–Kier alpha value is -4.53. The maximum absolute atomic E-state index is 13.2. The molecule has 252 valence electrons. The molecule has 1 saturated heterocycles. The van der Waals surface area contributed by atoms with Crippen molar-refractivity contribution in [2.75, 3.05) is 23.7 Å². The monoisotopic (exact) mass is 695 g/mol. The lowest BCUT2D eigenvalue weighted by Crippen LogP contribution is -2.52. The molecular formula is C37H39Cl2N9O. The average Bonchev–Trinajstić information content (AvgIpc) is 3.73. The van der Waals surface area contributed by atoms with E-state index in [0.29, 0.717) is 56.0 Å². The van der Waals surface area contributed by atoms with Gasteiger partial charge in [0.25, 0.3) is 5.91 Å². The molecule has 1 aromatic heterocycles. The topological polar surface area (TPSA) is 120 Å². The number of halogens is 2. The summed E-state index contributed by atoms with van der Waals surface area (Å²) >= 11 is 13.3. The van der Waals surface area contributed by atoms with Gasteiger partial charge in [0.05, 0.1) is 33.5 Å². The van der Waals surface area contributed by atoms with Crippen molar-refractivity contribution in [3.05, 3.63) is 104 Å². The van der Waals surface area contributed by atoms with E-state index in [-0.39, 0.29) is 11.4 Å². The maximum atomic E-state index is 13.2. The minimum Gasteiger partial charge on any atom is -0.373 e. The van der Waals surface area contributed by atoms with Gasteiger partial charge in [0.2, 0.25) is 0 Å². The number of pyridine rings is 1. The van der Waals surface area contributed by atoms with Gasteiger partial charge in [0.15, 0.2) is 0 Å². The van der Waals surface area contributed by atoms with E-state index in [2.05, 4.69) is 74.8 Å². The lowest BCUT2D eigenvalue weighted by molar-refractivity contribution is 0.0570. The number of aromatic nitrogens is 1. The Bertz CT molecular complexity index is 2030. The number of piperidine rings is 1. The fraction of sp³-hybridized carbons (Fsp3) is 0.324. The Morgan fingerprint density at radius 2 is 1.84 bits per heavy atom. The smallest absolute Gasteiger partial charge is 0.252 e. The quantitative estimate of drug-likeness (QED) is 0.136. The molecule has 0 radical (unpaired) electrons. The predicted molar refractivity (Wildman–Crippen MR) is 195 cm³/mol. The molecule has 0 bridgehead atoms. The highest BCUT2D eigenvalue weighted by Gasteiger charge is 2.34. The van der Waals surface area contributed by atoms with Crippen molar-refractivity contribution in [2.24, 2.45) is 0 Å². The number of carbonyl (C=O) groups excluding carboxylic acids is 1. The van der Waals surface area contributed by atoms with Crippen LogP contribution in [-0.2, 0) is 6.54 Å². The van der Waals surface area contributed by atoms with Gasteiger partial charge in [-0.1, -0.05) is 47.5 Å². The second-order valence-corrected chi connectivity index (χ2v) is 14.7. The zero-order valence-corrected chi connectivity index (χ0v) is 29.4. The van der Waals surface area contributed by atoms with Gasteiger partial charge < -0.3 is 21.4 Å². The summed E-state index contributed by atoms with van der Waals surface area (Å²) in [7, 11) is 0. The predicted octanol–water partition coefficient (Wildman–Crippen LogP) is 7.29. The van der Waals surface area contributed by atoms with Crippen molar-refractivity contribution in [2.45, 2.75) is 64.7 Å². The number of benzene rings is 3. The summed E-state index contributed by atoms with van der Waals surface area (Å²) in [5.74, 6) is -0.0991. The molecule has 0 saturated carbocycles. The van der Waals surface area contributed by atoms with Gasteiger partial charge in [-0.25, -0.2) is 0 Å². The third-order valence-corrected chi connectivity index (χ3v) is 10.4. The Balaban J connectivity index is 1.27. The van der Waals surface area contributed by atoms with Crippen molar-refractivity contribution in [3.63, 3.8) is 0 Å². The molecule has 3 aliphatic heterocycles. The van der Waals surface area contributed by atoms with Gasteiger partial charge in [0, 0.05) is 71.0 Å². The highest BCUT2D eigenvalue weighted by Crippen LogP contribution is 2.39. The summed E-state index contributed by atoms with van der Waals surface area (Å²) in [6.45, 7) is 11.2. The summed E-state index contributed by atoms with van der Waals surface area (Å²) in [4.78, 5) is 20.2. The number of nitrogens with zero attached hydrogens (tertiary/aromatic N) is 4. The van der Waals surface area contributed by atoms with Crippen LogP contribution in [0.25, 0.3) is 10.9 Å². The van der Waals surface area contributed by atoms with Crippen molar-refractivity contribution in [1.82, 2.24) is 31.2 Å². The Morgan fingerprint density at radius 3 is 2.57 bits per heavy atom. The summed E-state index contributed by atoms with van der Waals surface area (Å²) < 4.78 is 0. The molecule has 12 heteroatoms. The summed E-state index contributed by atoms with van der Waals surface area (Å²) in [5.41, 5.74) is 14.1. The molecule has 0 spiro atoms. The fourth-order valence-electron chi connectivity index (χ4n) is 6.92. The Morgan fingerprint density at radius 1 is 1.06 bits per heavy atom. The normalized spacial score (nSPS) is 17.3. The van der Waals surface area contributed by atoms with Gasteiger partial charge in [-0.05, 0) is 81.5 Å². The standard InChI is InChI=1S/C37H39Cl2N9O/c1-21-8-9-24(15-29(21)38)43-33-23(17-40)19-41-34-28(33)14-25(16-30(34)39)44-35(27-7-5-6-22-18-42-36(49)32(22)27)31-20-48(46-45-31)26-10-12-47(13-11-26)37(2,3)4/h5-9,14-16,19-20,26,35,44-46H,10-13,18H2,1-4H3,(H,41,43)(H,42,49)/t35-/m0/s1. The number of hydrogen-bond donors (Lipinski definition) is 5. The number of hydrogen-bond acceptors (Lipinski definition) is 9. The molecule has 0 unspecified atom stereocenters. The van der Waals surface area contributed by atoms with E-state index in [4.69, 9.17) is 23.2 Å². The first kappa shape index (κ1) is 33.0. The van der Waals surface area contributed by atoms with E-state index in [9.17, 15) is 10.1 Å². The van der Waals surface area contributed by atoms with Gasteiger partial charge in [-0.3, -0.25) is 19.7 Å². The first-order valence-corrected chi connectivity index (χ1v) is 17.2. The second kappa shape index (κ2) is 13.1. The highest BCUT2D eigenvalue weighted by molar-refractivity contribution is 6.36. The lowest BCUT2D eigenvalue weighted by Gasteiger charge is -2.42. The van der Waals surface area contributed by atoms with E-state index >= 15 is 0 Å². The van der Waals surface area contributed by atoms with E-state index in [0.717, 1.165) is 54.0 Å². The van der Waals surface area contributed by atoms with E-state index < -0.39 is 6.04 Å². The highest BCUT2D eigenvalue weighted by atomic mass is 35.5. The molecule has 49 heavy (non-hydrogen) atoms. The van der Waals surface area contributed by atoms with Gasteiger partial charge in [-0.15, -0.1) is 5.53 Å². The molecule has 4 heterocycles. The van der Waals surface area contributed by atoms with Crippen molar-refractivity contribution >= 4 is 57.1 Å². The molecule has 1 amide bonds. The van der Waals surface area contributed by atoms with Crippen molar-refractivity contribution in [1.29, 1.82) is 5.26 Å². The first-order chi connectivity index (χ1) is 23.5. The number of likely N-dealkylation sites (tertiary alicyclic amines) is 1. The number of carbonyl (C=O) groups is 1. The summed E-state index contributed by atoms with van der Waals surface area (Å²) in [6.07, 6.45) is 5.67. The third kappa shape index (κ3) is 6.47. The molecule has 3 aromatic carbocycles. The number of amides is 1. The van der Waals surface area contributed by atoms with Crippen LogP contribution in [0.4, 0.5) is 17.1 Å². The number of hydrazine groups is 2. The molecular weight excluding hydrogens is 657 g/mol. The van der Waals surface area contributed by atoms with E-state index in [1.165, 1.54) is 6.20 Å². The number of nitriles is 1. The maximum Gasteiger partial charge on any atom is 0.252 e. The molecule has 0 aliphatic carbocycles. The largest absolute Gasteiger partial charge is 0.373 e. The van der Waals surface area contributed by atoms with Crippen LogP contribution >= 0.6 is 23.2 Å². The number of anilines is 3. The van der Waals surface area contributed by atoms with Crippen LogP contribution in [0.5, 0.6) is 0 Å². The summed E-state index contributed by atoms with van der Waals surface area (Å²) in [5, 5.41) is 24.0. The molecule has 3 aliphatic rings. The minimum absolute atomic E-state index is 0.0991. The summed E-state index contributed by atoms with van der Waals surface area (Å²) in [6, 6.07) is 17.5. The average molecular weight is 697 g/mol. The number of rotatable bonds is 7. The minimum atomic E-state index is -0.445. The third-order valence-electron chi connectivity index (χ3n) is 9.68. The van der Waals surface area contributed by atoms with Crippen molar-refractivity contribution < 1.29 is 4.79 Å². The number of nitrogens with one attached hydrogen (secondary N) is 5. The van der Waals surface area contributed by atoms with E-state index in [1.807, 2.05) is 55.5 Å². The SMILES string of the molecule is Cc1ccc(Nc2c(C#N)cnc3c(Cl)cc(N[C@H](C4=CN(C5CCN(C(C)(C)C)CC5)NN4)c4cccc5c4C(=O)NC5)cc23)cc1Cl. The molecule has 1 atom stereocenters. The second-order valence-electron chi connectivity index (χ2n) is 13.9. The van der Waals surface area contributed by atoms with Crippen LogP contribution in [0, 0.1) is 18.3 Å². The van der Waals surface area contributed by atoms with Crippen molar-refractivity contribution in [3.8, 4) is 6.07 Å². The van der Waals surface area contributed by atoms with Crippen LogP contribution in [0.2, 0.25) is 10.0 Å². The molecule has 4 aromatic rings. The van der Waals surface area contributed by atoms with E-state index in [1.54, 1.807) is 0 Å². The zero-order valence-electron chi connectivity index (χ0n) is 27.9.